The largest absolute Gasteiger partial charge is 0.379 e. The Hall–Kier alpha value is -2.15. The second kappa shape index (κ2) is 9.57. The molecule has 2 heterocycles. The van der Waals surface area contributed by atoms with E-state index < -0.39 is 0 Å². The number of hydrogen-bond donors (Lipinski definition) is 1. The minimum absolute atomic E-state index is 0.693. The van der Waals surface area contributed by atoms with Crippen molar-refractivity contribution in [2.24, 2.45) is 4.99 Å². The molecule has 2 aromatic carbocycles. The van der Waals surface area contributed by atoms with E-state index in [1.807, 2.05) is 6.21 Å². The molecule has 0 unspecified atom stereocenters. The molecule has 0 amide bonds. The van der Waals surface area contributed by atoms with Gasteiger partial charge in [0.1, 0.15) is 0 Å². The van der Waals surface area contributed by atoms with Gasteiger partial charge >= 0.3 is 0 Å². The van der Waals surface area contributed by atoms with Crippen molar-refractivity contribution in [3.63, 3.8) is 0 Å². The highest BCUT2D eigenvalue weighted by molar-refractivity contribution is 9.10. The lowest BCUT2D eigenvalue weighted by atomic mass is 9.99. The molecule has 2 aliphatic heterocycles. The first-order valence-electron chi connectivity index (χ1n) is 10.1. The molecule has 6 heteroatoms. The maximum absolute atomic E-state index is 5.42. The van der Waals surface area contributed by atoms with Crippen LogP contribution in [0.1, 0.15) is 11.1 Å². The van der Waals surface area contributed by atoms with Crippen LogP contribution in [-0.4, -0.2) is 64.1 Å². The quantitative estimate of drug-likeness (QED) is 0.712. The summed E-state index contributed by atoms with van der Waals surface area (Å²) in [6.07, 6.45) is 4.01. The van der Waals surface area contributed by atoms with Crippen LogP contribution < -0.4 is 10.2 Å². The van der Waals surface area contributed by atoms with E-state index in [9.17, 15) is 0 Å². The molecule has 0 aromatic heterocycles. The van der Waals surface area contributed by atoms with Crippen molar-refractivity contribution in [2.75, 3.05) is 63.2 Å². The third-order valence-corrected chi connectivity index (χ3v) is 5.92. The lowest BCUT2D eigenvalue weighted by Crippen LogP contribution is -2.40. The van der Waals surface area contributed by atoms with Gasteiger partial charge in [-0.1, -0.05) is 22.0 Å². The molecule has 0 saturated carbocycles. The van der Waals surface area contributed by atoms with Gasteiger partial charge in [0.2, 0.25) is 0 Å². The third-order valence-electron chi connectivity index (χ3n) is 5.43. The van der Waals surface area contributed by atoms with Crippen molar-refractivity contribution in [1.82, 2.24) is 4.90 Å². The van der Waals surface area contributed by atoms with Crippen LogP contribution >= 0.6 is 15.9 Å². The van der Waals surface area contributed by atoms with E-state index in [0.29, 0.717) is 6.54 Å². The van der Waals surface area contributed by atoms with E-state index in [1.165, 1.54) is 16.8 Å². The third kappa shape index (κ3) is 5.26. The van der Waals surface area contributed by atoms with Gasteiger partial charge in [-0.05, 0) is 53.1 Å². The average molecular weight is 455 g/mol. The molecule has 0 aliphatic carbocycles. The Morgan fingerprint density at radius 2 is 1.97 bits per heavy atom. The topological polar surface area (TPSA) is 40.1 Å². The zero-order valence-corrected chi connectivity index (χ0v) is 18.4. The predicted octanol–water partition coefficient (Wildman–Crippen LogP) is 4.10. The molecule has 2 aromatic rings. The highest BCUT2D eigenvalue weighted by atomic mass is 79.9. The molecule has 152 valence electrons. The summed E-state index contributed by atoms with van der Waals surface area (Å²) in [5, 5.41) is 3.43. The van der Waals surface area contributed by atoms with Gasteiger partial charge in [0, 0.05) is 61.5 Å². The van der Waals surface area contributed by atoms with Gasteiger partial charge in [-0.15, -0.1) is 0 Å². The van der Waals surface area contributed by atoms with Crippen LogP contribution in [0.15, 0.2) is 58.1 Å². The van der Waals surface area contributed by atoms with E-state index in [2.05, 4.69) is 91.8 Å². The molecule has 1 saturated heterocycles. The van der Waals surface area contributed by atoms with Crippen molar-refractivity contribution in [3.8, 4) is 0 Å². The summed E-state index contributed by atoms with van der Waals surface area (Å²) in [7, 11) is 2.15. The fraction of sp³-hybridized carbons (Fsp3) is 0.348. The van der Waals surface area contributed by atoms with E-state index in [-0.39, 0.29) is 0 Å². The summed E-state index contributed by atoms with van der Waals surface area (Å²) >= 11 is 3.57. The molecular formula is C23H27BrN4O. The first-order valence-corrected chi connectivity index (χ1v) is 10.8. The number of aliphatic imine (C=N–C) groups is 1. The second-order valence-corrected chi connectivity index (χ2v) is 8.35. The maximum Gasteiger partial charge on any atom is 0.0660 e. The van der Waals surface area contributed by atoms with E-state index in [0.717, 1.165) is 55.1 Å². The highest BCUT2D eigenvalue weighted by Gasteiger charge is 2.12. The lowest BCUT2D eigenvalue weighted by Gasteiger charge is -2.29. The number of morpholine rings is 1. The number of likely N-dealkylation sites (N-methyl/N-ethyl adjacent to an activating group) is 1. The van der Waals surface area contributed by atoms with Gasteiger partial charge < -0.3 is 15.0 Å². The summed E-state index contributed by atoms with van der Waals surface area (Å²) in [5.41, 5.74) is 5.88. The summed E-state index contributed by atoms with van der Waals surface area (Å²) < 4.78 is 6.50. The Balaban J connectivity index is 1.35. The Labute approximate surface area is 181 Å². The van der Waals surface area contributed by atoms with Gasteiger partial charge in [0.25, 0.3) is 0 Å². The van der Waals surface area contributed by atoms with Crippen LogP contribution in [0.4, 0.5) is 11.4 Å². The Morgan fingerprint density at radius 3 is 2.76 bits per heavy atom. The van der Waals surface area contributed by atoms with Gasteiger partial charge in [0.15, 0.2) is 0 Å². The smallest absolute Gasteiger partial charge is 0.0660 e. The number of fused-ring (bicyclic) bond motifs is 1. The fourth-order valence-electron chi connectivity index (χ4n) is 3.60. The molecule has 0 spiro atoms. The van der Waals surface area contributed by atoms with E-state index in [4.69, 9.17) is 4.74 Å². The molecule has 2 aliphatic rings. The molecule has 0 bridgehead atoms. The van der Waals surface area contributed by atoms with Crippen LogP contribution in [-0.2, 0) is 4.74 Å². The van der Waals surface area contributed by atoms with Gasteiger partial charge in [-0.3, -0.25) is 9.89 Å². The van der Waals surface area contributed by atoms with E-state index in [1.54, 1.807) is 0 Å². The van der Waals surface area contributed by atoms with Crippen molar-refractivity contribution in [3.05, 3.63) is 64.3 Å². The fourth-order valence-corrected chi connectivity index (χ4v) is 3.96. The number of anilines is 2. The molecule has 1 fully saturated rings. The number of nitrogens with zero attached hydrogens (tertiary/aromatic N) is 3. The molecule has 4 rings (SSSR count). The summed E-state index contributed by atoms with van der Waals surface area (Å²) in [5.74, 6) is 0. The standard InChI is InChI=1S/C23H27BrN4O/c1-27(8-9-28-10-12-29-13-11-28)22-6-4-21(5-7-22)26-17-19-16-25-15-18-2-3-20(24)14-23(18)19/h2-7,14-15,17,26H,8-13,16H2,1H3/b19-17+. The van der Waals surface area contributed by atoms with Crippen LogP contribution in [0, 0.1) is 0 Å². The molecule has 29 heavy (non-hydrogen) atoms. The number of halogens is 1. The Morgan fingerprint density at radius 1 is 1.17 bits per heavy atom. The molecule has 0 atom stereocenters. The van der Waals surface area contributed by atoms with Crippen molar-refractivity contribution < 1.29 is 4.74 Å². The summed E-state index contributed by atoms with van der Waals surface area (Å²) in [6, 6.07) is 14.9. The second-order valence-electron chi connectivity index (χ2n) is 7.44. The molecular weight excluding hydrogens is 428 g/mol. The van der Waals surface area contributed by atoms with Crippen molar-refractivity contribution in [2.45, 2.75) is 0 Å². The lowest BCUT2D eigenvalue weighted by molar-refractivity contribution is 0.0393. The predicted molar refractivity (Wildman–Crippen MR) is 125 cm³/mol. The Kier molecular flexibility index (Phi) is 6.64. The number of nitrogens with one attached hydrogen (secondary N) is 1. The first-order chi connectivity index (χ1) is 14.2. The maximum atomic E-state index is 5.42. The first kappa shape index (κ1) is 20.1. The zero-order valence-electron chi connectivity index (χ0n) is 16.8. The van der Waals surface area contributed by atoms with Crippen LogP contribution in [0.2, 0.25) is 0 Å². The van der Waals surface area contributed by atoms with Gasteiger partial charge in [-0.25, -0.2) is 0 Å². The number of ether oxygens (including phenoxy) is 1. The normalized spacial score (nSPS) is 17.9. The number of rotatable bonds is 6. The summed E-state index contributed by atoms with van der Waals surface area (Å²) in [4.78, 5) is 9.24. The zero-order chi connectivity index (χ0) is 20.1. The van der Waals surface area contributed by atoms with Crippen LogP contribution in [0.25, 0.3) is 5.57 Å². The molecule has 1 N–H and O–H groups in total. The van der Waals surface area contributed by atoms with Gasteiger partial charge in [-0.2, -0.15) is 0 Å². The molecule has 0 radical (unpaired) electrons. The highest BCUT2D eigenvalue weighted by Crippen LogP contribution is 2.26. The summed E-state index contributed by atoms with van der Waals surface area (Å²) in [6.45, 7) is 6.56. The van der Waals surface area contributed by atoms with Gasteiger partial charge in [0.05, 0.1) is 19.8 Å². The minimum Gasteiger partial charge on any atom is -0.379 e. The Bertz CT molecular complexity index is 888. The number of benzene rings is 2. The minimum atomic E-state index is 0.693. The number of hydrogen-bond acceptors (Lipinski definition) is 5. The van der Waals surface area contributed by atoms with Crippen molar-refractivity contribution in [1.29, 1.82) is 0 Å². The average Bonchev–Trinajstić information content (AvgIpc) is 2.77. The van der Waals surface area contributed by atoms with Crippen LogP contribution in [0.5, 0.6) is 0 Å². The molecule has 5 nitrogen and oxygen atoms in total. The monoisotopic (exact) mass is 454 g/mol. The van der Waals surface area contributed by atoms with E-state index >= 15 is 0 Å². The SMILES string of the molecule is CN(CCN1CCOCC1)c1ccc(N/C=C2\CN=Cc3ccc(Br)cc32)cc1. The van der Waals surface area contributed by atoms with Crippen LogP contribution in [0.3, 0.4) is 0 Å². The van der Waals surface area contributed by atoms with Crippen molar-refractivity contribution >= 4 is 39.1 Å².